The first kappa shape index (κ1) is 22.8. The van der Waals surface area contributed by atoms with Gasteiger partial charge >= 0.3 is 6.01 Å². The number of nitrogens with one attached hydrogen (secondary N) is 1. The molecule has 9 heteroatoms. The zero-order chi connectivity index (χ0) is 24.5. The van der Waals surface area contributed by atoms with E-state index in [4.69, 9.17) is 9.52 Å². The number of rotatable bonds is 6. The van der Waals surface area contributed by atoms with Gasteiger partial charge in [0, 0.05) is 24.4 Å². The van der Waals surface area contributed by atoms with Crippen molar-refractivity contribution in [2.75, 3.05) is 11.4 Å². The van der Waals surface area contributed by atoms with Gasteiger partial charge in [-0.3, -0.25) is 0 Å². The number of aryl methyl sites for hydroxylation is 1. The summed E-state index contributed by atoms with van der Waals surface area (Å²) < 4.78 is 21.3. The van der Waals surface area contributed by atoms with Crippen molar-refractivity contribution in [2.45, 2.75) is 46.6 Å². The van der Waals surface area contributed by atoms with Gasteiger partial charge in [0.2, 0.25) is 0 Å². The summed E-state index contributed by atoms with van der Waals surface area (Å²) in [5.41, 5.74) is 6.98. The maximum Gasteiger partial charge on any atom is 0.319 e. The summed E-state index contributed by atoms with van der Waals surface area (Å²) in [6.45, 7) is 9.07. The van der Waals surface area contributed by atoms with Gasteiger partial charge < -0.3 is 14.6 Å². The van der Waals surface area contributed by atoms with Crippen LogP contribution >= 0.6 is 0 Å². The molecule has 0 fully saturated rings. The molecule has 0 spiro atoms. The molecule has 8 nitrogen and oxygen atoms in total. The summed E-state index contributed by atoms with van der Waals surface area (Å²) >= 11 is 0. The van der Waals surface area contributed by atoms with Crippen LogP contribution in [0.15, 0.2) is 70.1 Å². The molecule has 5 heterocycles. The standard InChI is InChI=1S/C26H28FN7O/c1-5-16(2)14-28-21-11-12-33(26-31-30-25(35-26)22-10-9-19(27)15-29-22)24(18(21)4)23-13-20-8-6-7-17(3)34(20)32-23/h6-10,13-15,24,28H,5,11-12H2,1-4H3. The number of pyridine rings is 2. The Labute approximate surface area is 203 Å². The quantitative estimate of drug-likeness (QED) is 0.404. The van der Waals surface area contributed by atoms with E-state index in [0.29, 0.717) is 18.3 Å². The zero-order valence-electron chi connectivity index (χ0n) is 20.3. The summed E-state index contributed by atoms with van der Waals surface area (Å²) in [6.07, 6.45) is 4.99. The Kier molecular flexibility index (Phi) is 6.07. The molecule has 1 aliphatic heterocycles. The van der Waals surface area contributed by atoms with E-state index in [-0.39, 0.29) is 11.9 Å². The van der Waals surface area contributed by atoms with Crippen molar-refractivity contribution in [2.24, 2.45) is 0 Å². The van der Waals surface area contributed by atoms with Crippen LogP contribution < -0.4 is 10.2 Å². The van der Waals surface area contributed by atoms with Crippen LogP contribution in [0.3, 0.4) is 0 Å². The Morgan fingerprint density at radius 1 is 1.23 bits per heavy atom. The fourth-order valence-corrected chi connectivity index (χ4v) is 4.29. The Bertz CT molecular complexity index is 1420. The van der Waals surface area contributed by atoms with Crippen molar-refractivity contribution in [3.05, 3.63) is 82.8 Å². The maximum atomic E-state index is 13.3. The first-order valence-corrected chi connectivity index (χ1v) is 11.7. The van der Waals surface area contributed by atoms with Gasteiger partial charge in [0.15, 0.2) is 0 Å². The monoisotopic (exact) mass is 473 g/mol. The van der Waals surface area contributed by atoms with Gasteiger partial charge in [-0.25, -0.2) is 13.9 Å². The van der Waals surface area contributed by atoms with Crippen LogP contribution in [0.1, 0.15) is 51.0 Å². The lowest BCUT2D eigenvalue weighted by Crippen LogP contribution is -2.37. The molecule has 1 N–H and O–H groups in total. The average Bonchev–Trinajstić information content (AvgIpc) is 3.52. The lowest BCUT2D eigenvalue weighted by atomic mass is 9.95. The Balaban J connectivity index is 1.56. The zero-order valence-corrected chi connectivity index (χ0v) is 20.3. The average molecular weight is 474 g/mol. The van der Waals surface area contributed by atoms with E-state index < -0.39 is 5.82 Å². The molecule has 1 aliphatic rings. The first-order chi connectivity index (χ1) is 16.9. The van der Waals surface area contributed by atoms with Crippen molar-refractivity contribution in [1.29, 1.82) is 0 Å². The number of aromatic nitrogens is 5. The molecule has 4 aromatic rings. The van der Waals surface area contributed by atoms with E-state index in [2.05, 4.69) is 58.4 Å². The Morgan fingerprint density at radius 2 is 2.09 bits per heavy atom. The number of allylic oxidation sites excluding steroid dienone is 1. The highest BCUT2D eigenvalue weighted by Crippen LogP contribution is 2.38. The van der Waals surface area contributed by atoms with Crippen LogP contribution in [-0.2, 0) is 0 Å². The normalized spacial score (nSPS) is 16.9. The SMILES string of the molecule is CCC(C)=CNC1=C(C)C(c2cc3cccc(C)n3n2)N(c2nnc(-c3ccc(F)cn3)o2)CC1. The summed E-state index contributed by atoms with van der Waals surface area (Å²) in [5, 5.41) is 17.0. The second-order valence-corrected chi connectivity index (χ2v) is 8.82. The minimum atomic E-state index is -0.417. The van der Waals surface area contributed by atoms with Gasteiger partial charge in [-0.2, -0.15) is 5.10 Å². The molecule has 180 valence electrons. The number of hydrogen-bond acceptors (Lipinski definition) is 7. The third-order valence-electron chi connectivity index (χ3n) is 6.43. The second-order valence-electron chi connectivity index (χ2n) is 8.82. The van der Waals surface area contributed by atoms with Gasteiger partial charge in [0.25, 0.3) is 5.89 Å². The van der Waals surface area contributed by atoms with Crippen molar-refractivity contribution in [3.63, 3.8) is 0 Å². The Hall–Kier alpha value is -4.01. The van der Waals surface area contributed by atoms with E-state index in [1.165, 1.54) is 17.7 Å². The predicted octanol–water partition coefficient (Wildman–Crippen LogP) is 5.36. The number of halogens is 1. The van der Waals surface area contributed by atoms with Gasteiger partial charge in [-0.1, -0.05) is 23.7 Å². The minimum Gasteiger partial charge on any atom is -0.402 e. The molecular formula is C26H28FN7O. The predicted molar refractivity (Wildman–Crippen MR) is 132 cm³/mol. The molecule has 0 radical (unpaired) electrons. The lowest BCUT2D eigenvalue weighted by Gasteiger charge is -2.35. The van der Waals surface area contributed by atoms with E-state index in [0.717, 1.165) is 47.2 Å². The van der Waals surface area contributed by atoms with Crippen LogP contribution in [-0.4, -0.2) is 31.3 Å². The fourth-order valence-electron chi connectivity index (χ4n) is 4.29. The fraction of sp³-hybridized carbons (Fsp3) is 0.308. The van der Waals surface area contributed by atoms with Crippen LogP contribution in [0, 0.1) is 12.7 Å². The van der Waals surface area contributed by atoms with Crippen LogP contribution in [0.2, 0.25) is 0 Å². The molecule has 0 bridgehead atoms. The molecule has 0 aliphatic carbocycles. The van der Waals surface area contributed by atoms with Crippen LogP contribution in [0.4, 0.5) is 10.4 Å². The summed E-state index contributed by atoms with van der Waals surface area (Å²) in [7, 11) is 0. The van der Waals surface area contributed by atoms with Crippen molar-refractivity contribution < 1.29 is 8.81 Å². The third kappa shape index (κ3) is 4.41. The van der Waals surface area contributed by atoms with Crippen molar-refractivity contribution in [1.82, 2.24) is 30.1 Å². The second kappa shape index (κ2) is 9.32. The van der Waals surface area contributed by atoms with E-state index in [9.17, 15) is 4.39 Å². The number of nitrogens with zero attached hydrogens (tertiary/aromatic N) is 6. The smallest absolute Gasteiger partial charge is 0.319 e. The molecule has 0 amide bonds. The molecule has 1 atom stereocenters. The number of anilines is 1. The highest BCUT2D eigenvalue weighted by atomic mass is 19.1. The van der Waals surface area contributed by atoms with Gasteiger partial charge in [0.1, 0.15) is 17.6 Å². The van der Waals surface area contributed by atoms with Gasteiger partial charge in [-0.15, -0.1) is 5.10 Å². The molecule has 35 heavy (non-hydrogen) atoms. The lowest BCUT2D eigenvalue weighted by molar-refractivity contribution is 0.498. The molecule has 4 aromatic heterocycles. The molecular weight excluding hydrogens is 445 g/mol. The van der Waals surface area contributed by atoms with Gasteiger partial charge in [-0.05, 0) is 69.3 Å². The topological polar surface area (TPSA) is 84.4 Å². The van der Waals surface area contributed by atoms with Crippen molar-refractivity contribution in [3.8, 4) is 11.6 Å². The summed E-state index contributed by atoms with van der Waals surface area (Å²) in [6, 6.07) is 11.3. The minimum absolute atomic E-state index is 0.199. The maximum absolute atomic E-state index is 13.3. The first-order valence-electron chi connectivity index (χ1n) is 11.7. The highest BCUT2D eigenvalue weighted by Gasteiger charge is 2.34. The van der Waals surface area contributed by atoms with E-state index >= 15 is 0 Å². The summed E-state index contributed by atoms with van der Waals surface area (Å²) in [5.74, 6) is -0.170. The van der Waals surface area contributed by atoms with Crippen LogP contribution in [0.5, 0.6) is 0 Å². The molecule has 1 unspecified atom stereocenters. The Morgan fingerprint density at radius 3 is 2.83 bits per heavy atom. The molecule has 0 aromatic carbocycles. The van der Waals surface area contributed by atoms with Crippen LogP contribution in [0.25, 0.3) is 17.1 Å². The molecule has 0 saturated carbocycles. The van der Waals surface area contributed by atoms with E-state index in [1.54, 1.807) is 0 Å². The van der Waals surface area contributed by atoms with Gasteiger partial charge in [0.05, 0.1) is 17.4 Å². The molecule has 0 saturated heterocycles. The molecule has 5 rings (SSSR count). The largest absolute Gasteiger partial charge is 0.402 e. The number of hydrogen-bond donors (Lipinski definition) is 1. The van der Waals surface area contributed by atoms with E-state index in [1.807, 2.05) is 29.6 Å². The van der Waals surface area contributed by atoms with Crippen molar-refractivity contribution >= 4 is 11.5 Å². The summed E-state index contributed by atoms with van der Waals surface area (Å²) in [4.78, 5) is 6.14. The third-order valence-corrected chi connectivity index (χ3v) is 6.43. The number of fused-ring (bicyclic) bond motifs is 1. The highest BCUT2D eigenvalue weighted by molar-refractivity contribution is 5.54.